The van der Waals surface area contributed by atoms with Gasteiger partial charge in [-0.05, 0) is 51.0 Å². The van der Waals surface area contributed by atoms with Crippen molar-refractivity contribution >= 4 is 26.5 Å². The molecule has 0 aliphatic heterocycles. The molecule has 4 heteroatoms. The molecule has 1 unspecified atom stereocenters. The second kappa shape index (κ2) is 7.46. The van der Waals surface area contributed by atoms with Crippen LogP contribution in [0.5, 0.6) is 5.75 Å². The van der Waals surface area contributed by atoms with Crippen molar-refractivity contribution in [2.75, 3.05) is 6.61 Å². The standard InChI is InChI=1S/C23H23O3S/c1-6-23(4,5)26-21(24)15-25-22-16(2)13-19(14-17(22)3)27-12-11-18-9-7-8-10-20(18)27/h1,7-14H,15H2,2-5H3/q+1. The predicted octanol–water partition coefficient (Wildman–Crippen LogP) is 5.53. The quantitative estimate of drug-likeness (QED) is 0.332. The molecule has 0 aliphatic rings. The maximum absolute atomic E-state index is 12.0. The van der Waals surface area contributed by atoms with E-state index in [9.17, 15) is 4.79 Å². The highest BCUT2D eigenvalue weighted by Crippen LogP contribution is 2.42. The van der Waals surface area contributed by atoms with Gasteiger partial charge in [0.2, 0.25) is 0 Å². The smallest absolute Gasteiger partial charge is 0.345 e. The van der Waals surface area contributed by atoms with Crippen LogP contribution in [0.4, 0.5) is 0 Å². The Kier molecular flexibility index (Phi) is 5.25. The number of thiophene rings is 1. The van der Waals surface area contributed by atoms with Gasteiger partial charge in [-0.2, -0.15) is 0 Å². The Bertz CT molecular complexity index is 1010. The van der Waals surface area contributed by atoms with Gasteiger partial charge in [0.1, 0.15) is 11.1 Å². The van der Waals surface area contributed by atoms with Gasteiger partial charge >= 0.3 is 5.97 Å². The lowest BCUT2D eigenvalue weighted by Crippen LogP contribution is -2.29. The summed E-state index contributed by atoms with van der Waals surface area (Å²) in [6, 6.07) is 14.9. The Morgan fingerprint density at radius 2 is 1.81 bits per heavy atom. The fourth-order valence-corrected chi connectivity index (χ4v) is 5.04. The summed E-state index contributed by atoms with van der Waals surface area (Å²) in [5.74, 6) is 2.68. The van der Waals surface area contributed by atoms with Crippen molar-refractivity contribution in [3.05, 3.63) is 59.0 Å². The van der Waals surface area contributed by atoms with Crippen LogP contribution in [0.25, 0.3) is 15.0 Å². The largest absolute Gasteiger partial charge is 0.481 e. The summed E-state index contributed by atoms with van der Waals surface area (Å²) >= 11 is 0. The number of rotatable bonds is 5. The van der Waals surface area contributed by atoms with Crippen LogP contribution in [-0.4, -0.2) is 18.2 Å². The van der Waals surface area contributed by atoms with Crippen molar-refractivity contribution in [1.29, 1.82) is 0 Å². The van der Waals surface area contributed by atoms with Crippen molar-refractivity contribution in [3.63, 3.8) is 0 Å². The van der Waals surface area contributed by atoms with Crippen molar-refractivity contribution in [1.82, 2.24) is 0 Å². The van der Waals surface area contributed by atoms with E-state index >= 15 is 0 Å². The predicted molar refractivity (Wildman–Crippen MR) is 112 cm³/mol. The van der Waals surface area contributed by atoms with E-state index < -0.39 is 11.6 Å². The molecule has 0 fully saturated rings. The van der Waals surface area contributed by atoms with Crippen LogP contribution >= 0.6 is 10.5 Å². The third-order valence-corrected chi connectivity index (χ3v) is 6.28. The second-order valence-corrected chi connectivity index (χ2v) is 8.84. The highest BCUT2D eigenvalue weighted by molar-refractivity contribution is 7.43. The number of carbonyl (C=O) groups is 1. The van der Waals surface area contributed by atoms with Gasteiger partial charge in [-0.25, -0.2) is 4.79 Å². The molecule has 2 aromatic carbocycles. The minimum absolute atomic E-state index is 0.0717. The van der Waals surface area contributed by atoms with E-state index in [1.54, 1.807) is 13.8 Å². The lowest BCUT2D eigenvalue weighted by molar-refractivity contribution is -0.154. The van der Waals surface area contributed by atoms with Crippen LogP contribution < -0.4 is 4.74 Å². The molecule has 3 aromatic rings. The molecule has 0 N–H and O–H groups in total. The highest BCUT2D eigenvalue weighted by atomic mass is 32.2. The van der Waals surface area contributed by atoms with Gasteiger partial charge in [-0.1, -0.05) is 18.1 Å². The molecule has 1 heterocycles. The second-order valence-electron chi connectivity index (χ2n) is 6.98. The zero-order valence-corrected chi connectivity index (χ0v) is 16.9. The monoisotopic (exact) mass is 379 g/mol. The number of aryl methyl sites for hydroxylation is 2. The first-order valence-corrected chi connectivity index (χ1v) is 10.0. The van der Waals surface area contributed by atoms with Crippen LogP contribution in [0.3, 0.4) is 0 Å². The third kappa shape index (κ3) is 4.15. The van der Waals surface area contributed by atoms with Crippen molar-refractivity contribution in [3.8, 4) is 23.0 Å². The summed E-state index contributed by atoms with van der Waals surface area (Å²) in [4.78, 5) is 13.2. The van der Waals surface area contributed by atoms with Gasteiger partial charge in [-0.15, -0.1) is 6.42 Å². The Labute approximate surface area is 162 Å². The summed E-state index contributed by atoms with van der Waals surface area (Å²) in [7, 11) is -0.0717. The summed E-state index contributed by atoms with van der Waals surface area (Å²) in [6.07, 6.45) is 5.35. The first-order valence-electron chi connectivity index (χ1n) is 8.75. The molecular formula is C23H23O3S+. The Morgan fingerprint density at radius 3 is 2.48 bits per heavy atom. The topological polar surface area (TPSA) is 35.5 Å². The number of fused-ring (bicyclic) bond motifs is 1. The van der Waals surface area contributed by atoms with Crippen molar-refractivity contribution in [2.45, 2.75) is 33.3 Å². The van der Waals surface area contributed by atoms with E-state index in [-0.39, 0.29) is 17.1 Å². The van der Waals surface area contributed by atoms with Gasteiger partial charge in [0.05, 0.1) is 0 Å². The summed E-state index contributed by atoms with van der Waals surface area (Å²) in [6.45, 7) is 7.17. The van der Waals surface area contributed by atoms with Crippen LogP contribution in [0, 0.1) is 26.2 Å². The normalized spacial score (nSPS) is 11.9. The molecule has 0 radical (unpaired) electrons. The number of carbonyl (C=O) groups excluding carboxylic acids is 1. The van der Waals surface area contributed by atoms with Crippen LogP contribution in [0.1, 0.15) is 25.0 Å². The fourth-order valence-electron chi connectivity index (χ4n) is 2.98. The average Bonchev–Trinajstić information content (AvgIpc) is 3.04. The number of hydrogen-bond acceptors (Lipinski definition) is 3. The first-order chi connectivity index (χ1) is 12.8. The number of benzene rings is 2. The minimum Gasteiger partial charge on any atom is -0.481 e. The summed E-state index contributed by atoms with van der Waals surface area (Å²) in [5.41, 5.74) is 1.07. The fraction of sp³-hybridized carbons (Fsp3) is 0.261. The van der Waals surface area contributed by atoms with Crippen LogP contribution in [-0.2, 0) is 9.53 Å². The zero-order chi connectivity index (χ0) is 19.6. The van der Waals surface area contributed by atoms with Crippen LogP contribution in [0.15, 0.2) is 47.8 Å². The lowest BCUT2D eigenvalue weighted by Gasteiger charge is -2.19. The Balaban J connectivity index is 1.82. The Hall–Kier alpha value is -2.77. The van der Waals surface area contributed by atoms with E-state index in [0.717, 1.165) is 11.1 Å². The number of esters is 1. The summed E-state index contributed by atoms with van der Waals surface area (Å²) in [5, 5.41) is 3.52. The molecule has 27 heavy (non-hydrogen) atoms. The van der Waals surface area contributed by atoms with Gasteiger partial charge in [0, 0.05) is 34.1 Å². The Morgan fingerprint density at radius 1 is 1.15 bits per heavy atom. The zero-order valence-electron chi connectivity index (χ0n) is 16.0. The molecule has 3 nitrogen and oxygen atoms in total. The molecule has 138 valence electrons. The number of terminal acetylenes is 1. The molecule has 0 amide bonds. The van der Waals surface area contributed by atoms with E-state index in [2.05, 4.69) is 53.8 Å². The van der Waals surface area contributed by atoms with Gasteiger partial charge in [0.25, 0.3) is 0 Å². The molecule has 0 bridgehead atoms. The lowest BCUT2D eigenvalue weighted by atomic mass is 10.1. The van der Waals surface area contributed by atoms with E-state index in [1.165, 1.54) is 15.0 Å². The van der Waals surface area contributed by atoms with E-state index in [0.29, 0.717) is 5.75 Å². The molecule has 1 aromatic heterocycles. The highest BCUT2D eigenvalue weighted by Gasteiger charge is 2.21. The maximum Gasteiger partial charge on any atom is 0.345 e. The minimum atomic E-state index is -0.933. The molecular weight excluding hydrogens is 356 g/mol. The maximum atomic E-state index is 12.0. The summed E-state index contributed by atoms with van der Waals surface area (Å²) < 4.78 is 12.3. The molecule has 0 spiro atoms. The third-order valence-electron chi connectivity index (χ3n) is 4.28. The van der Waals surface area contributed by atoms with E-state index in [1.807, 2.05) is 13.8 Å². The number of hydrogen-bond donors (Lipinski definition) is 0. The van der Waals surface area contributed by atoms with Gasteiger partial charge in [0.15, 0.2) is 21.8 Å². The molecule has 0 aliphatic carbocycles. The molecule has 0 saturated carbocycles. The average molecular weight is 380 g/mol. The molecule has 3 rings (SSSR count). The van der Waals surface area contributed by atoms with Crippen molar-refractivity contribution < 1.29 is 14.3 Å². The molecule has 1 atom stereocenters. The van der Waals surface area contributed by atoms with Crippen molar-refractivity contribution in [2.24, 2.45) is 0 Å². The van der Waals surface area contributed by atoms with Gasteiger partial charge in [-0.3, -0.25) is 0 Å². The molecule has 0 saturated heterocycles. The number of ether oxygens (including phenoxy) is 2. The van der Waals surface area contributed by atoms with E-state index in [4.69, 9.17) is 15.9 Å². The SMILES string of the molecule is C#CC(C)(C)OC(=O)COc1c(C)cc(-[s+]2ccc3ccccc32)cc1C. The van der Waals surface area contributed by atoms with Crippen LogP contribution in [0.2, 0.25) is 0 Å². The van der Waals surface area contributed by atoms with Gasteiger partial charge < -0.3 is 9.47 Å². The first kappa shape index (κ1) is 19.0.